The topological polar surface area (TPSA) is 33.1 Å². The smallest absolute Gasteiger partial charge is 0.144 e. The van der Waals surface area contributed by atoms with Crippen LogP contribution in [0.25, 0.3) is 0 Å². The molecule has 0 aliphatic carbocycles. The van der Waals surface area contributed by atoms with Gasteiger partial charge in [0.25, 0.3) is 0 Å². The molecule has 2 nitrogen and oxygen atoms in total. The first kappa shape index (κ1) is 12.6. The van der Waals surface area contributed by atoms with Crippen molar-refractivity contribution >= 4 is 11.8 Å². The van der Waals surface area contributed by atoms with Crippen molar-refractivity contribution in [1.82, 2.24) is 4.98 Å². The minimum atomic E-state index is -1.15. The molecule has 3 heteroatoms. The van der Waals surface area contributed by atoms with Crippen LogP contribution in [0, 0.1) is 0 Å². The lowest BCUT2D eigenvalue weighted by molar-refractivity contribution is 0.118. The van der Waals surface area contributed by atoms with Gasteiger partial charge in [-0.25, -0.2) is 0 Å². The van der Waals surface area contributed by atoms with Gasteiger partial charge < -0.3 is 5.11 Å². The van der Waals surface area contributed by atoms with Crippen LogP contribution in [-0.4, -0.2) is 10.1 Å². The summed E-state index contributed by atoms with van der Waals surface area (Å²) in [4.78, 5) is 6.36. The average molecular weight is 291 g/mol. The highest BCUT2D eigenvalue weighted by Gasteiger charge is 2.40. The summed E-state index contributed by atoms with van der Waals surface area (Å²) in [7, 11) is 0. The molecule has 0 fully saturated rings. The van der Waals surface area contributed by atoms with E-state index in [9.17, 15) is 5.11 Å². The first-order valence-electron chi connectivity index (χ1n) is 6.80. The Labute approximate surface area is 127 Å². The number of hydrogen-bond acceptors (Lipinski definition) is 3. The van der Waals surface area contributed by atoms with Crippen LogP contribution in [-0.2, 0) is 5.60 Å². The molecule has 0 atom stereocenters. The van der Waals surface area contributed by atoms with Gasteiger partial charge in [0.2, 0.25) is 0 Å². The highest BCUT2D eigenvalue weighted by atomic mass is 32.2. The largest absolute Gasteiger partial charge is 0.376 e. The second-order valence-corrected chi connectivity index (χ2v) is 6.13. The van der Waals surface area contributed by atoms with Gasteiger partial charge in [-0.15, -0.1) is 0 Å². The van der Waals surface area contributed by atoms with Crippen LogP contribution in [0.15, 0.2) is 82.8 Å². The lowest BCUT2D eigenvalue weighted by Gasteiger charge is -2.36. The fourth-order valence-electron chi connectivity index (χ4n) is 2.86. The molecule has 1 aliphatic heterocycles. The Kier molecular flexibility index (Phi) is 2.84. The Morgan fingerprint density at radius 1 is 0.810 bits per heavy atom. The SMILES string of the molecule is OC1(c2cccnc2)c2ccccc2Sc2ccccc21. The molecule has 1 N–H and O–H groups in total. The van der Waals surface area contributed by atoms with Crippen molar-refractivity contribution in [1.29, 1.82) is 0 Å². The van der Waals surface area contributed by atoms with Crippen molar-refractivity contribution in [2.24, 2.45) is 0 Å². The van der Waals surface area contributed by atoms with Gasteiger partial charge in [-0.1, -0.05) is 54.2 Å². The normalized spacial score (nSPS) is 15.1. The molecule has 2 aromatic carbocycles. The highest BCUT2D eigenvalue weighted by Crippen LogP contribution is 2.50. The van der Waals surface area contributed by atoms with Crippen LogP contribution in [0.2, 0.25) is 0 Å². The van der Waals surface area contributed by atoms with Gasteiger partial charge in [-0.2, -0.15) is 0 Å². The number of hydrogen-bond donors (Lipinski definition) is 1. The number of rotatable bonds is 1. The number of fused-ring (bicyclic) bond motifs is 2. The number of nitrogens with zero attached hydrogens (tertiary/aromatic N) is 1. The summed E-state index contributed by atoms with van der Waals surface area (Å²) in [6, 6.07) is 19.8. The average Bonchev–Trinajstić information content (AvgIpc) is 2.56. The Balaban J connectivity index is 2.06. The van der Waals surface area contributed by atoms with Crippen molar-refractivity contribution in [3.63, 3.8) is 0 Å². The van der Waals surface area contributed by atoms with E-state index in [-0.39, 0.29) is 0 Å². The van der Waals surface area contributed by atoms with Crippen molar-refractivity contribution in [2.45, 2.75) is 15.4 Å². The van der Waals surface area contributed by atoms with E-state index in [0.29, 0.717) is 0 Å². The van der Waals surface area contributed by atoms with E-state index in [0.717, 1.165) is 26.5 Å². The van der Waals surface area contributed by atoms with E-state index in [2.05, 4.69) is 17.1 Å². The molecule has 4 rings (SSSR count). The standard InChI is InChI=1S/C18H13NOS/c20-18(13-6-5-11-19-12-13)14-7-1-3-9-16(14)21-17-10-4-2-8-15(17)18/h1-12,20H. The predicted octanol–water partition coefficient (Wildman–Crippen LogP) is 3.83. The van der Waals surface area contributed by atoms with Crippen molar-refractivity contribution in [3.8, 4) is 0 Å². The van der Waals surface area contributed by atoms with E-state index in [4.69, 9.17) is 0 Å². The number of aliphatic hydroxyl groups is 1. The van der Waals surface area contributed by atoms with Crippen LogP contribution < -0.4 is 0 Å². The van der Waals surface area contributed by atoms with Crippen LogP contribution in [0.1, 0.15) is 16.7 Å². The third-order valence-corrected chi connectivity index (χ3v) is 5.00. The van der Waals surface area contributed by atoms with E-state index >= 15 is 0 Å². The van der Waals surface area contributed by atoms with Gasteiger partial charge in [0.05, 0.1) is 0 Å². The van der Waals surface area contributed by atoms with Crippen molar-refractivity contribution in [3.05, 3.63) is 89.7 Å². The van der Waals surface area contributed by atoms with Gasteiger partial charge in [-0.3, -0.25) is 4.98 Å². The lowest BCUT2D eigenvalue weighted by atomic mass is 9.80. The second kappa shape index (κ2) is 4.72. The van der Waals surface area contributed by atoms with Gasteiger partial charge in [-0.05, 0) is 18.2 Å². The quantitative estimate of drug-likeness (QED) is 0.739. The molecule has 1 aromatic heterocycles. The fraction of sp³-hybridized carbons (Fsp3) is 0.0556. The summed E-state index contributed by atoms with van der Waals surface area (Å²) in [6.07, 6.45) is 3.46. The van der Waals surface area contributed by atoms with E-state index < -0.39 is 5.60 Å². The van der Waals surface area contributed by atoms with Crippen LogP contribution in [0.4, 0.5) is 0 Å². The monoisotopic (exact) mass is 291 g/mol. The number of benzene rings is 2. The molecule has 102 valence electrons. The number of pyridine rings is 1. The summed E-state index contributed by atoms with van der Waals surface area (Å²) in [6.45, 7) is 0. The minimum Gasteiger partial charge on any atom is -0.376 e. The molecule has 0 radical (unpaired) electrons. The summed E-state index contributed by atoms with van der Waals surface area (Å²) < 4.78 is 0. The molecule has 0 saturated carbocycles. The Bertz CT molecular complexity index is 756. The maximum Gasteiger partial charge on any atom is 0.144 e. The Morgan fingerprint density at radius 3 is 2.00 bits per heavy atom. The van der Waals surface area contributed by atoms with Gasteiger partial charge in [0.15, 0.2) is 0 Å². The van der Waals surface area contributed by atoms with Crippen LogP contribution >= 0.6 is 11.8 Å². The molecule has 1 aliphatic rings. The third-order valence-electron chi connectivity index (χ3n) is 3.85. The summed E-state index contributed by atoms with van der Waals surface area (Å²) in [5, 5.41) is 11.6. The highest BCUT2D eigenvalue weighted by molar-refractivity contribution is 7.99. The molecular formula is C18H13NOS. The zero-order chi connectivity index (χ0) is 14.3. The third kappa shape index (κ3) is 1.82. The van der Waals surface area contributed by atoms with Gasteiger partial charge in [0.1, 0.15) is 5.60 Å². The van der Waals surface area contributed by atoms with E-state index in [1.54, 1.807) is 24.2 Å². The zero-order valence-corrected chi connectivity index (χ0v) is 12.0. The van der Waals surface area contributed by atoms with Crippen molar-refractivity contribution < 1.29 is 5.11 Å². The Hall–Kier alpha value is -2.10. The van der Waals surface area contributed by atoms with Crippen molar-refractivity contribution in [2.75, 3.05) is 0 Å². The molecule has 2 heterocycles. The van der Waals surface area contributed by atoms with E-state index in [1.807, 2.05) is 48.5 Å². The first-order chi connectivity index (χ1) is 10.3. The van der Waals surface area contributed by atoms with Crippen LogP contribution in [0.5, 0.6) is 0 Å². The molecule has 0 saturated heterocycles. The van der Waals surface area contributed by atoms with Crippen LogP contribution in [0.3, 0.4) is 0 Å². The summed E-state index contributed by atoms with van der Waals surface area (Å²) >= 11 is 1.70. The molecule has 0 unspecified atom stereocenters. The minimum absolute atomic E-state index is 0.796. The molecular weight excluding hydrogens is 278 g/mol. The van der Waals surface area contributed by atoms with E-state index in [1.165, 1.54) is 0 Å². The maximum absolute atomic E-state index is 11.6. The van der Waals surface area contributed by atoms with Gasteiger partial charge >= 0.3 is 0 Å². The molecule has 3 aromatic rings. The Morgan fingerprint density at radius 2 is 1.43 bits per heavy atom. The fourth-order valence-corrected chi connectivity index (χ4v) is 4.04. The number of aromatic nitrogens is 1. The summed E-state index contributed by atoms with van der Waals surface area (Å²) in [5.41, 5.74) is 1.49. The molecule has 0 bridgehead atoms. The first-order valence-corrected chi connectivity index (χ1v) is 7.61. The summed E-state index contributed by atoms with van der Waals surface area (Å²) in [5.74, 6) is 0. The van der Waals surface area contributed by atoms with Gasteiger partial charge in [0, 0.05) is 38.9 Å². The predicted molar refractivity (Wildman–Crippen MR) is 83.3 cm³/mol. The molecule has 21 heavy (non-hydrogen) atoms. The second-order valence-electron chi connectivity index (χ2n) is 5.05. The maximum atomic E-state index is 11.6. The zero-order valence-electron chi connectivity index (χ0n) is 11.2. The molecule has 0 spiro atoms. The molecule has 0 amide bonds. The lowest BCUT2D eigenvalue weighted by Crippen LogP contribution is -2.32.